The van der Waals surface area contributed by atoms with Crippen molar-refractivity contribution in [1.29, 1.82) is 0 Å². The van der Waals surface area contributed by atoms with E-state index in [0.29, 0.717) is 0 Å². The normalized spacial score (nSPS) is 10.7. The van der Waals surface area contributed by atoms with Gasteiger partial charge in [-0.25, -0.2) is 0 Å². The lowest BCUT2D eigenvalue weighted by Gasteiger charge is -2.00. The van der Waals surface area contributed by atoms with E-state index in [0.717, 1.165) is 35.0 Å². The van der Waals surface area contributed by atoms with Gasteiger partial charge in [0.2, 0.25) is 0 Å². The van der Waals surface area contributed by atoms with Gasteiger partial charge in [0.15, 0.2) is 0 Å². The molecule has 2 aromatic rings. The molecule has 0 aromatic carbocycles. The van der Waals surface area contributed by atoms with Gasteiger partial charge in [-0.3, -0.25) is 4.79 Å². The van der Waals surface area contributed by atoms with Crippen LogP contribution in [-0.4, -0.2) is 17.6 Å². The molecular weight excluding hydrogens is 250 g/mol. The molecule has 0 unspecified atom stereocenters. The van der Waals surface area contributed by atoms with Gasteiger partial charge in [-0.15, -0.1) is 11.3 Å². The highest BCUT2D eigenvalue weighted by Gasteiger charge is 2.04. The highest BCUT2D eigenvalue weighted by Crippen LogP contribution is 2.16. The van der Waals surface area contributed by atoms with Crippen molar-refractivity contribution in [2.75, 3.05) is 6.54 Å². The molecule has 0 aliphatic heterocycles. The molecule has 0 saturated carbocycles. The highest BCUT2D eigenvalue weighted by molar-refractivity contribution is 7.12. The molecule has 2 N–H and O–H groups in total. The lowest BCUT2D eigenvalue weighted by Crippen LogP contribution is -2.15. The number of carbonyl (C=O) groups is 1. The van der Waals surface area contributed by atoms with Crippen LogP contribution in [0.1, 0.15) is 15.5 Å². The maximum Gasteiger partial charge on any atom is 0.308 e. The van der Waals surface area contributed by atoms with E-state index >= 15 is 0 Å². The molecule has 2 rings (SSSR count). The van der Waals surface area contributed by atoms with Crippen LogP contribution in [0.25, 0.3) is 0 Å². The van der Waals surface area contributed by atoms with E-state index in [9.17, 15) is 4.79 Å². The Hall–Kier alpha value is -1.59. The molecule has 0 bridgehead atoms. The van der Waals surface area contributed by atoms with Crippen molar-refractivity contribution in [2.24, 2.45) is 0 Å². The molecule has 0 fully saturated rings. The predicted octanol–water partition coefficient (Wildman–Crippen LogP) is 2.30. The largest absolute Gasteiger partial charge is 0.481 e. The van der Waals surface area contributed by atoms with Crippen molar-refractivity contribution in [3.05, 3.63) is 46.0 Å². The summed E-state index contributed by atoms with van der Waals surface area (Å²) in [5.41, 5.74) is 0. The number of hydrogen-bond donors (Lipinski definition) is 2. The number of thiophene rings is 1. The fourth-order valence-electron chi connectivity index (χ4n) is 1.64. The average Bonchev–Trinajstić information content (AvgIpc) is 2.95. The molecule has 4 nitrogen and oxygen atoms in total. The smallest absolute Gasteiger partial charge is 0.308 e. The summed E-state index contributed by atoms with van der Waals surface area (Å²) >= 11 is 1.54. The van der Waals surface area contributed by atoms with Crippen LogP contribution in [0.3, 0.4) is 0 Å². The van der Waals surface area contributed by atoms with Gasteiger partial charge in [0, 0.05) is 29.3 Å². The van der Waals surface area contributed by atoms with Gasteiger partial charge in [0.25, 0.3) is 0 Å². The Morgan fingerprint density at radius 2 is 2.17 bits per heavy atom. The van der Waals surface area contributed by atoms with Gasteiger partial charge in [-0.1, -0.05) is 0 Å². The Bertz CT molecular complexity index is 490. The summed E-state index contributed by atoms with van der Waals surface area (Å²) in [5.74, 6) is 0.189. The first-order chi connectivity index (χ1) is 8.74. The summed E-state index contributed by atoms with van der Waals surface area (Å²) in [6.45, 7) is 1.62. The van der Waals surface area contributed by atoms with Crippen LogP contribution in [0.15, 0.2) is 34.9 Å². The van der Waals surface area contributed by atoms with Gasteiger partial charge in [-0.05, 0) is 24.3 Å². The monoisotopic (exact) mass is 265 g/mol. The quantitative estimate of drug-likeness (QED) is 0.754. The van der Waals surface area contributed by atoms with Gasteiger partial charge in [-0.2, -0.15) is 0 Å². The molecule has 0 aliphatic carbocycles. The molecule has 5 heteroatoms. The Labute approximate surface area is 109 Å². The highest BCUT2D eigenvalue weighted by atomic mass is 32.1. The third-order valence-electron chi connectivity index (χ3n) is 2.47. The molecule has 0 radical (unpaired) electrons. The van der Waals surface area contributed by atoms with Crippen LogP contribution in [-0.2, 0) is 24.2 Å². The zero-order valence-corrected chi connectivity index (χ0v) is 10.7. The van der Waals surface area contributed by atoms with Crippen LogP contribution in [0.5, 0.6) is 0 Å². The van der Waals surface area contributed by atoms with Crippen molar-refractivity contribution in [3.63, 3.8) is 0 Å². The second-order valence-corrected chi connectivity index (χ2v) is 5.20. The lowest BCUT2D eigenvalue weighted by molar-refractivity contribution is -0.136. The molecule has 18 heavy (non-hydrogen) atoms. The molecular formula is C13H15NO3S. The molecule has 96 valence electrons. The second-order valence-electron chi connectivity index (χ2n) is 3.94. The summed E-state index contributed by atoms with van der Waals surface area (Å²) in [5, 5.41) is 12.0. The Morgan fingerprint density at radius 1 is 1.33 bits per heavy atom. The lowest BCUT2D eigenvalue weighted by atomic mass is 10.3. The Morgan fingerprint density at radius 3 is 2.89 bits per heavy atom. The number of rotatable bonds is 7. The molecule has 0 saturated heterocycles. The van der Waals surface area contributed by atoms with Gasteiger partial charge < -0.3 is 14.8 Å². The average molecular weight is 265 g/mol. The van der Waals surface area contributed by atoms with Crippen LogP contribution < -0.4 is 5.32 Å². The molecule has 2 aromatic heterocycles. The zero-order chi connectivity index (χ0) is 12.8. The van der Waals surface area contributed by atoms with Crippen molar-refractivity contribution in [1.82, 2.24) is 5.32 Å². The first-order valence-corrected chi connectivity index (χ1v) is 6.58. The van der Waals surface area contributed by atoms with Gasteiger partial charge in [0.05, 0.1) is 12.7 Å². The number of hydrogen-bond acceptors (Lipinski definition) is 4. The van der Waals surface area contributed by atoms with E-state index in [1.165, 1.54) is 0 Å². The van der Waals surface area contributed by atoms with Gasteiger partial charge >= 0.3 is 5.97 Å². The van der Waals surface area contributed by atoms with Crippen molar-refractivity contribution in [3.8, 4) is 0 Å². The Balaban J connectivity index is 1.70. The van der Waals surface area contributed by atoms with E-state index < -0.39 is 5.97 Å². The fourth-order valence-corrected chi connectivity index (χ4v) is 2.62. The van der Waals surface area contributed by atoms with Crippen LogP contribution in [0.4, 0.5) is 0 Å². The van der Waals surface area contributed by atoms with E-state index in [-0.39, 0.29) is 6.42 Å². The van der Waals surface area contributed by atoms with E-state index in [1.54, 1.807) is 17.6 Å². The number of furan rings is 1. The van der Waals surface area contributed by atoms with Crippen LogP contribution >= 0.6 is 11.3 Å². The predicted molar refractivity (Wildman–Crippen MR) is 69.8 cm³/mol. The number of carboxylic acids is 1. The van der Waals surface area contributed by atoms with Crippen molar-refractivity contribution < 1.29 is 14.3 Å². The minimum absolute atomic E-state index is 0.108. The van der Waals surface area contributed by atoms with Crippen LogP contribution in [0.2, 0.25) is 0 Å². The van der Waals surface area contributed by atoms with Crippen molar-refractivity contribution >= 4 is 17.3 Å². The number of carboxylic acid groups (broad SMARTS) is 1. The molecule has 0 aliphatic rings. The maximum atomic E-state index is 10.6. The third-order valence-corrected chi connectivity index (χ3v) is 3.56. The van der Waals surface area contributed by atoms with E-state index in [2.05, 4.69) is 5.32 Å². The first kappa shape index (κ1) is 12.9. The first-order valence-electron chi connectivity index (χ1n) is 5.76. The topological polar surface area (TPSA) is 62.5 Å². The zero-order valence-electron chi connectivity index (χ0n) is 9.89. The summed E-state index contributed by atoms with van der Waals surface area (Å²) in [6, 6.07) is 7.69. The molecule has 2 heterocycles. The van der Waals surface area contributed by atoms with Crippen molar-refractivity contribution in [2.45, 2.75) is 19.4 Å². The molecule has 0 atom stereocenters. The second kappa shape index (κ2) is 6.37. The third kappa shape index (κ3) is 4.01. The summed E-state index contributed by atoms with van der Waals surface area (Å²) in [4.78, 5) is 12.6. The minimum atomic E-state index is -0.783. The summed E-state index contributed by atoms with van der Waals surface area (Å²) in [7, 11) is 0. The van der Waals surface area contributed by atoms with Gasteiger partial charge in [0.1, 0.15) is 5.76 Å². The van der Waals surface area contributed by atoms with E-state index in [4.69, 9.17) is 9.52 Å². The maximum absolute atomic E-state index is 10.6. The Kier molecular flexibility index (Phi) is 4.55. The summed E-state index contributed by atoms with van der Waals surface area (Å²) < 4.78 is 5.23. The minimum Gasteiger partial charge on any atom is -0.481 e. The molecule has 0 amide bonds. The van der Waals surface area contributed by atoms with E-state index in [1.807, 2.05) is 24.3 Å². The number of nitrogens with one attached hydrogen (secondary N) is 1. The molecule has 0 spiro atoms. The summed E-state index contributed by atoms with van der Waals surface area (Å²) in [6.07, 6.45) is 2.64. The fraction of sp³-hybridized carbons (Fsp3) is 0.308. The standard InChI is InChI=1S/C13H15NO3S/c15-13(16)8-11-3-4-12(18-11)9-14-6-5-10-2-1-7-17-10/h1-4,7,14H,5-6,8-9H2,(H,15,16). The SMILES string of the molecule is O=C(O)Cc1ccc(CNCCc2ccco2)s1. The number of aliphatic carboxylic acids is 1. The van der Waals surface area contributed by atoms with Crippen LogP contribution in [0, 0.1) is 0 Å².